The molecule has 1 aliphatic rings. The molecule has 1 aliphatic heterocycles. The Morgan fingerprint density at radius 2 is 2.00 bits per heavy atom. The fraction of sp³-hybridized carbons (Fsp3) is 0.273. The van der Waals surface area contributed by atoms with Crippen LogP contribution >= 0.6 is 11.6 Å². The summed E-state index contributed by atoms with van der Waals surface area (Å²) in [6.45, 7) is 4.12. The number of hydrogen-bond acceptors (Lipinski definition) is 4. The molecule has 2 aromatic carbocycles. The highest BCUT2D eigenvalue weighted by molar-refractivity contribution is 6.30. The number of hydrogen-bond donors (Lipinski definition) is 2. The molecule has 6 nitrogen and oxygen atoms in total. The van der Waals surface area contributed by atoms with Gasteiger partial charge < -0.3 is 15.0 Å². The van der Waals surface area contributed by atoms with Crippen LogP contribution in [0.4, 0.5) is 5.82 Å². The number of nitrogens with zero attached hydrogens (tertiary/aromatic N) is 2. The second-order valence-corrected chi connectivity index (χ2v) is 7.45. The van der Waals surface area contributed by atoms with Gasteiger partial charge in [0.25, 0.3) is 5.91 Å². The van der Waals surface area contributed by atoms with E-state index in [2.05, 4.69) is 20.4 Å². The van der Waals surface area contributed by atoms with E-state index in [9.17, 15) is 4.79 Å². The van der Waals surface area contributed by atoms with Gasteiger partial charge in [0.1, 0.15) is 5.75 Å². The molecule has 4 rings (SSSR count). The van der Waals surface area contributed by atoms with E-state index in [1.54, 1.807) is 12.1 Å². The molecule has 0 saturated carbocycles. The topological polar surface area (TPSA) is 70.2 Å². The molecular formula is C22H23ClN4O2. The number of carbonyl (C=O) groups excluding carboxylic acids is 1. The number of aromatic nitrogens is 2. The lowest BCUT2D eigenvalue weighted by molar-refractivity contribution is 0.0940. The Morgan fingerprint density at radius 3 is 2.72 bits per heavy atom. The second kappa shape index (κ2) is 8.57. The number of carbonyl (C=O) groups is 1. The third-order valence-corrected chi connectivity index (χ3v) is 5.25. The van der Waals surface area contributed by atoms with Gasteiger partial charge in [-0.05, 0) is 55.3 Å². The lowest BCUT2D eigenvalue weighted by Crippen LogP contribution is -2.37. The Kier molecular flexibility index (Phi) is 5.71. The van der Waals surface area contributed by atoms with Gasteiger partial charge in [-0.3, -0.25) is 9.89 Å². The van der Waals surface area contributed by atoms with E-state index in [4.69, 9.17) is 16.3 Å². The third-order valence-electron chi connectivity index (χ3n) is 4.99. The van der Waals surface area contributed by atoms with Crippen molar-refractivity contribution in [2.45, 2.75) is 19.4 Å². The van der Waals surface area contributed by atoms with Gasteiger partial charge in [-0.15, -0.1) is 0 Å². The first-order valence-electron chi connectivity index (χ1n) is 9.72. The zero-order chi connectivity index (χ0) is 20.2. The van der Waals surface area contributed by atoms with Crippen LogP contribution in [0.15, 0.2) is 54.6 Å². The second-order valence-electron chi connectivity index (χ2n) is 7.01. The highest BCUT2D eigenvalue weighted by Crippen LogP contribution is 2.25. The van der Waals surface area contributed by atoms with Crippen LogP contribution in [0.2, 0.25) is 5.02 Å². The monoisotopic (exact) mass is 410 g/mol. The SMILES string of the molecule is CCOc1ccc(C(=O)NC2CCN(c3cc(-c4ccc(Cl)cc4)[nH]n3)C2)cc1. The molecule has 150 valence electrons. The van der Waals surface area contributed by atoms with Gasteiger partial charge in [-0.25, -0.2) is 0 Å². The smallest absolute Gasteiger partial charge is 0.251 e. The normalized spacial score (nSPS) is 16.1. The predicted molar refractivity (Wildman–Crippen MR) is 115 cm³/mol. The van der Waals surface area contributed by atoms with Gasteiger partial charge in [-0.1, -0.05) is 23.7 Å². The predicted octanol–water partition coefficient (Wildman–Crippen LogP) is 4.14. The van der Waals surface area contributed by atoms with Crippen LogP contribution in [0.3, 0.4) is 0 Å². The maximum Gasteiger partial charge on any atom is 0.251 e. The van der Waals surface area contributed by atoms with E-state index in [0.29, 0.717) is 17.2 Å². The van der Waals surface area contributed by atoms with Crippen LogP contribution in [0.1, 0.15) is 23.7 Å². The van der Waals surface area contributed by atoms with E-state index in [1.807, 2.05) is 49.4 Å². The molecule has 0 bridgehead atoms. The Balaban J connectivity index is 1.35. The highest BCUT2D eigenvalue weighted by Gasteiger charge is 2.26. The molecule has 0 spiro atoms. The number of nitrogens with one attached hydrogen (secondary N) is 2. The number of anilines is 1. The Bertz CT molecular complexity index is 969. The first-order valence-corrected chi connectivity index (χ1v) is 10.1. The van der Waals surface area contributed by atoms with Crippen LogP contribution in [-0.4, -0.2) is 41.8 Å². The van der Waals surface area contributed by atoms with Crippen LogP contribution in [0, 0.1) is 0 Å². The maximum absolute atomic E-state index is 12.5. The van der Waals surface area contributed by atoms with Crippen LogP contribution in [-0.2, 0) is 0 Å². The van der Waals surface area contributed by atoms with E-state index in [-0.39, 0.29) is 11.9 Å². The molecule has 0 aliphatic carbocycles. The number of ether oxygens (including phenoxy) is 1. The minimum Gasteiger partial charge on any atom is -0.494 e. The molecule has 2 heterocycles. The molecule has 1 saturated heterocycles. The standard InChI is InChI=1S/C22H23ClN4O2/c1-2-29-19-9-5-16(6-10-19)22(28)24-18-11-12-27(14-18)21-13-20(25-26-21)15-3-7-17(23)8-4-15/h3-10,13,18H,2,11-12,14H2,1H3,(H,24,28)(H,25,26). The highest BCUT2D eigenvalue weighted by atomic mass is 35.5. The summed E-state index contributed by atoms with van der Waals surface area (Å²) in [7, 11) is 0. The van der Waals surface area contributed by atoms with Crippen LogP contribution in [0.25, 0.3) is 11.3 Å². The lowest BCUT2D eigenvalue weighted by Gasteiger charge is -2.16. The molecule has 3 aromatic rings. The van der Waals surface area contributed by atoms with Gasteiger partial charge in [0.15, 0.2) is 5.82 Å². The van der Waals surface area contributed by atoms with E-state index in [0.717, 1.165) is 42.3 Å². The summed E-state index contributed by atoms with van der Waals surface area (Å²) in [5.41, 5.74) is 2.61. The Hall–Kier alpha value is -2.99. The number of aromatic amines is 1. The molecular weight excluding hydrogens is 388 g/mol. The van der Waals surface area contributed by atoms with Crippen molar-refractivity contribution in [2.24, 2.45) is 0 Å². The van der Waals surface area contributed by atoms with Gasteiger partial charge >= 0.3 is 0 Å². The molecule has 7 heteroatoms. The number of halogens is 1. The maximum atomic E-state index is 12.5. The minimum absolute atomic E-state index is 0.0659. The van der Waals surface area contributed by atoms with Crippen LogP contribution < -0.4 is 15.0 Å². The Labute approximate surface area is 174 Å². The average Bonchev–Trinajstić information content (AvgIpc) is 3.39. The van der Waals surface area contributed by atoms with Crippen LogP contribution in [0.5, 0.6) is 5.75 Å². The summed E-state index contributed by atoms with van der Waals surface area (Å²) >= 11 is 5.96. The van der Waals surface area contributed by atoms with Gasteiger partial charge in [-0.2, -0.15) is 5.10 Å². The van der Waals surface area contributed by atoms with Crippen molar-refractivity contribution in [3.8, 4) is 17.0 Å². The van der Waals surface area contributed by atoms with Gasteiger partial charge in [0.05, 0.1) is 12.3 Å². The lowest BCUT2D eigenvalue weighted by atomic mass is 10.1. The molecule has 1 unspecified atom stereocenters. The van der Waals surface area contributed by atoms with E-state index in [1.165, 1.54) is 0 Å². The molecule has 0 radical (unpaired) electrons. The molecule has 1 atom stereocenters. The van der Waals surface area contributed by atoms with Crippen molar-refractivity contribution in [2.75, 3.05) is 24.6 Å². The van der Waals surface area contributed by atoms with Gasteiger partial charge in [0, 0.05) is 35.8 Å². The number of benzene rings is 2. The number of rotatable bonds is 6. The largest absolute Gasteiger partial charge is 0.494 e. The third kappa shape index (κ3) is 4.54. The van der Waals surface area contributed by atoms with E-state index < -0.39 is 0 Å². The summed E-state index contributed by atoms with van der Waals surface area (Å²) < 4.78 is 5.42. The van der Waals surface area contributed by atoms with Crippen molar-refractivity contribution < 1.29 is 9.53 Å². The molecule has 29 heavy (non-hydrogen) atoms. The van der Waals surface area contributed by atoms with Crippen molar-refractivity contribution in [1.29, 1.82) is 0 Å². The first-order chi connectivity index (χ1) is 14.1. The molecule has 2 N–H and O–H groups in total. The zero-order valence-electron chi connectivity index (χ0n) is 16.2. The minimum atomic E-state index is -0.0659. The Morgan fingerprint density at radius 1 is 1.24 bits per heavy atom. The first kappa shape index (κ1) is 19.3. The summed E-state index contributed by atoms with van der Waals surface area (Å²) in [5, 5.41) is 11.3. The summed E-state index contributed by atoms with van der Waals surface area (Å²) in [6.07, 6.45) is 0.881. The number of amides is 1. The fourth-order valence-corrected chi connectivity index (χ4v) is 3.60. The quantitative estimate of drug-likeness (QED) is 0.640. The number of H-pyrrole nitrogens is 1. The van der Waals surface area contributed by atoms with Crippen molar-refractivity contribution >= 4 is 23.3 Å². The summed E-state index contributed by atoms with van der Waals surface area (Å²) in [6, 6.07) is 17.0. The van der Waals surface area contributed by atoms with Crippen molar-refractivity contribution in [3.63, 3.8) is 0 Å². The van der Waals surface area contributed by atoms with E-state index >= 15 is 0 Å². The zero-order valence-corrected chi connectivity index (χ0v) is 16.9. The van der Waals surface area contributed by atoms with Gasteiger partial charge in [0.2, 0.25) is 0 Å². The summed E-state index contributed by atoms with van der Waals surface area (Å²) in [4.78, 5) is 14.7. The molecule has 1 aromatic heterocycles. The molecule has 1 amide bonds. The molecule has 1 fully saturated rings. The van der Waals surface area contributed by atoms with Crippen molar-refractivity contribution in [1.82, 2.24) is 15.5 Å². The summed E-state index contributed by atoms with van der Waals surface area (Å²) in [5.74, 6) is 1.59. The van der Waals surface area contributed by atoms with Crippen molar-refractivity contribution in [3.05, 3.63) is 65.2 Å². The average molecular weight is 411 g/mol. The fourth-order valence-electron chi connectivity index (χ4n) is 3.47.